The third-order valence-electron chi connectivity index (χ3n) is 3.14. The molecule has 0 amide bonds. The van der Waals surface area contributed by atoms with E-state index in [1.165, 1.54) is 0 Å². The van der Waals surface area contributed by atoms with Crippen LogP contribution >= 0.6 is 31.9 Å². The molecule has 0 aliphatic carbocycles. The van der Waals surface area contributed by atoms with Gasteiger partial charge in [-0.05, 0) is 29.3 Å². The van der Waals surface area contributed by atoms with E-state index in [2.05, 4.69) is 31.9 Å². The van der Waals surface area contributed by atoms with Gasteiger partial charge in [-0.1, -0.05) is 62.2 Å². The Morgan fingerprint density at radius 3 is 2.37 bits per heavy atom. The fourth-order valence-electron chi connectivity index (χ4n) is 2.11. The lowest BCUT2D eigenvalue weighted by Crippen LogP contribution is -2.20. The maximum Gasteiger partial charge on any atom is 0.0881 e. The van der Waals surface area contributed by atoms with Gasteiger partial charge in [0.05, 0.1) is 6.10 Å². The molecule has 2 aromatic rings. The van der Waals surface area contributed by atoms with Crippen LogP contribution in [0, 0.1) is 0 Å². The van der Waals surface area contributed by atoms with Crippen molar-refractivity contribution in [1.29, 1.82) is 0 Å². The Bertz CT molecular complexity index is 545. The average Bonchev–Trinajstić information content (AvgIpc) is 2.43. The van der Waals surface area contributed by atoms with E-state index in [0.29, 0.717) is 6.54 Å². The predicted octanol–water partition coefficient (Wildman–Crippen LogP) is 3.99. The normalized spacial score (nSPS) is 14.1. The van der Waals surface area contributed by atoms with Crippen molar-refractivity contribution in [2.75, 3.05) is 6.54 Å². The van der Waals surface area contributed by atoms with Crippen LogP contribution < -0.4 is 5.73 Å². The molecule has 2 atom stereocenters. The maximum atomic E-state index is 10.6. The van der Waals surface area contributed by atoms with E-state index in [0.717, 1.165) is 20.1 Å². The van der Waals surface area contributed by atoms with E-state index in [1.54, 1.807) is 0 Å². The smallest absolute Gasteiger partial charge is 0.0881 e. The van der Waals surface area contributed by atoms with E-state index in [4.69, 9.17) is 5.73 Å². The molecular weight excluding hydrogens is 370 g/mol. The zero-order chi connectivity index (χ0) is 13.8. The van der Waals surface area contributed by atoms with Crippen molar-refractivity contribution < 1.29 is 5.11 Å². The number of aliphatic hydroxyl groups is 1. The van der Waals surface area contributed by atoms with Crippen molar-refractivity contribution in [3.8, 4) is 0 Å². The molecule has 0 aliphatic rings. The van der Waals surface area contributed by atoms with Crippen molar-refractivity contribution in [3.63, 3.8) is 0 Å². The van der Waals surface area contributed by atoms with Crippen LogP contribution in [0.1, 0.15) is 23.1 Å². The van der Waals surface area contributed by atoms with Gasteiger partial charge in [-0.15, -0.1) is 0 Å². The van der Waals surface area contributed by atoms with Crippen LogP contribution in [0.25, 0.3) is 0 Å². The van der Waals surface area contributed by atoms with Gasteiger partial charge in [-0.25, -0.2) is 0 Å². The zero-order valence-corrected chi connectivity index (χ0v) is 13.4. The fourth-order valence-corrected chi connectivity index (χ4v) is 2.97. The summed E-state index contributed by atoms with van der Waals surface area (Å²) in [6.07, 6.45) is -0.640. The van der Waals surface area contributed by atoms with Crippen LogP contribution in [0.3, 0.4) is 0 Å². The van der Waals surface area contributed by atoms with Crippen molar-refractivity contribution in [1.82, 2.24) is 0 Å². The highest BCUT2D eigenvalue weighted by Crippen LogP contribution is 2.35. The number of benzene rings is 2. The minimum atomic E-state index is -0.640. The first-order valence-corrected chi connectivity index (χ1v) is 7.60. The van der Waals surface area contributed by atoms with Gasteiger partial charge in [0.15, 0.2) is 0 Å². The van der Waals surface area contributed by atoms with Gasteiger partial charge in [0.2, 0.25) is 0 Å². The molecule has 0 fully saturated rings. The Morgan fingerprint density at radius 2 is 1.74 bits per heavy atom. The Hall–Kier alpha value is -0.680. The lowest BCUT2D eigenvalue weighted by molar-refractivity contribution is 0.146. The molecule has 0 aromatic heterocycles. The van der Waals surface area contributed by atoms with Crippen LogP contribution in [-0.4, -0.2) is 11.7 Å². The van der Waals surface area contributed by atoms with Crippen molar-refractivity contribution in [2.24, 2.45) is 5.73 Å². The first-order valence-electron chi connectivity index (χ1n) is 6.01. The van der Waals surface area contributed by atoms with Crippen molar-refractivity contribution >= 4 is 31.9 Å². The molecule has 2 nitrogen and oxygen atoms in total. The highest BCUT2D eigenvalue weighted by Gasteiger charge is 2.23. The van der Waals surface area contributed by atoms with Gasteiger partial charge in [0, 0.05) is 21.4 Å². The third kappa shape index (κ3) is 3.45. The van der Waals surface area contributed by atoms with Crippen LogP contribution in [-0.2, 0) is 0 Å². The summed E-state index contributed by atoms with van der Waals surface area (Å²) in [6, 6.07) is 15.6. The summed E-state index contributed by atoms with van der Waals surface area (Å²) in [5.74, 6) is -0.119. The zero-order valence-electron chi connectivity index (χ0n) is 10.3. The lowest BCUT2D eigenvalue weighted by atomic mass is 9.89. The van der Waals surface area contributed by atoms with E-state index >= 15 is 0 Å². The highest BCUT2D eigenvalue weighted by molar-refractivity contribution is 9.11. The van der Waals surface area contributed by atoms with Gasteiger partial charge < -0.3 is 10.8 Å². The molecule has 0 saturated heterocycles. The molecule has 0 bridgehead atoms. The Kier molecular flexibility index (Phi) is 5.16. The Morgan fingerprint density at radius 1 is 1.05 bits per heavy atom. The van der Waals surface area contributed by atoms with Crippen molar-refractivity contribution in [2.45, 2.75) is 12.0 Å². The maximum absolute atomic E-state index is 10.6. The van der Waals surface area contributed by atoms with Gasteiger partial charge >= 0.3 is 0 Å². The average molecular weight is 385 g/mol. The minimum absolute atomic E-state index is 0.119. The summed E-state index contributed by atoms with van der Waals surface area (Å²) in [5.41, 5.74) is 7.73. The summed E-state index contributed by atoms with van der Waals surface area (Å²) in [5, 5.41) is 10.6. The first kappa shape index (κ1) is 14.7. The van der Waals surface area contributed by atoms with E-state index in [-0.39, 0.29) is 5.92 Å². The molecule has 0 aliphatic heterocycles. The van der Waals surface area contributed by atoms with Gasteiger partial charge in [-0.2, -0.15) is 0 Å². The first-order chi connectivity index (χ1) is 9.13. The molecule has 0 radical (unpaired) electrons. The standard InChI is InChI=1S/C15H15Br2NO/c16-11-6-7-14(17)12(8-11)15(19)13(9-18)10-4-2-1-3-5-10/h1-8,13,15,19H,9,18H2. The number of hydrogen-bond donors (Lipinski definition) is 2. The molecule has 2 rings (SSSR count). The number of aliphatic hydroxyl groups excluding tert-OH is 1. The molecule has 4 heteroatoms. The van der Waals surface area contributed by atoms with E-state index < -0.39 is 6.10 Å². The summed E-state index contributed by atoms with van der Waals surface area (Å²) in [4.78, 5) is 0. The number of hydrogen-bond acceptors (Lipinski definition) is 2. The molecule has 2 aromatic carbocycles. The molecule has 100 valence electrons. The van der Waals surface area contributed by atoms with E-state index in [1.807, 2.05) is 48.5 Å². The monoisotopic (exact) mass is 383 g/mol. The number of nitrogens with two attached hydrogens (primary N) is 1. The number of halogens is 2. The molecule has 3 N–H and O–H groups in total. The molecule has 2 unspecified atom stereocenters. The summed E-state index contributed by atoms with van der Waals surface area (Å²) < 4.78 is 1.83. The lowest BCUT2D eigenvalue weighted by Gasteiger charge is -2.23. The van der Waals surface area contributed by atoms with Crippen LogP contribution in [0.2, 0.25) is 0 Å². The molecule has 0 saturated carbocycles. The fraction of sp³-hybridized carbons (Fsp3) is 0.200. The molecule has 19 heavy (non-hydrogen) atoms. The van der Waals surface area contributed by atoms with E-state index in [9.17, 15) is 5.11 Å². The topological polar surface area (TPSA) is 46.2 Å². The second-order valence-corrected chi connectivity index (χ2v) is 6.13. The quantitative estimate of drug-likeness (QED) is 0.837. The summed E-state index contributed by atoms with van der Waals surface area (Å²) in [6.45, 7) is 0.393. The van der Waals surface area contributed by atoms with Crippen LogP contribution in [0.5, 0.6) is 0 Å². The predicted molar refractivity (Wildman–Crippen MR) is 85.0 cm³/mol. The molecular formula is C15H15Br2NO. The third-order valence-corrected chi connectivity index (χ3v) is 4.35. The largest absolute Gasteiger partial charge is 0.388 e. The highest BCUT2D eigenvalue weighted by atomic mass is 79.9. The van der Waals surface area contributed by atoms with Gasteiger partial charge in [0.25, 0.3) is 0 Å². The molecule has 0 heterocycles. The minimum Gasteiger partial charge on any atom is -0.388 e. The second-order valence-electron chi connectivity index (χ2n) is 4.36. The SMILES string of the molecule is NCC(c1ccccc1)C(O)c1cc(Br)ccc1Br. The summed E-state index contributed by atoms with van der Waals surface area (Å²) in [7, 11) is 0. The van der Waals surface area contributed by atoms with Crippen LogP contribution in [0.4, 0.5) is 0 Å². The Labute approximate surface area is 129 Å². The second kappa shape index (κ2) is 6.66. The van der Waals surface area contributed by atoms with Gasteiger partial charge in [-0.3, -0.25) is 0 Å². The number of rotatable bonds is 4. The Balaban J connectivity index is 2.36. The molecule has 0 spiro atoms. The van der Waals surface area contributed by atoms with Gasteiger partial charge in [0.1, 0.15) is 0 Å². The van der Waals surface area contributed by atoms with Crippen molar-refractivity contribution in [3.05, 3.63) is 68.6 Å². The van der Waals surface area contributed by atoms with Crippen LogP contribution in [0.15, 0.2) is 57.5 Å². The summed E-state index contributed by atoms with van der Waals surface area (Å²) >= 11 is 6.91.